The van der Waals surface area contributed by atoms with Crippen molar-refractivity contribution < 1.29 is 4.74 Å². The zero-order valence-corrected chi connectivity index (χ0v) is 15.1. The molecule has 0 spiro atoms. The van der Waals surface area contributed by atoms with Crippen LogP contribution in [0.1, 0.15) is 76.2 Å². The lowest BCUT2D eigenvalue weighted by Gasteiger charge is -2.34. The van der Waals surface area contributed by atoms with Gasteiger partial charge in [0.25, 0.3) is 0 Å². The van der Waals surface area contributed by atoms with Crippen molar-refractivity contribution >= 4 is 0 Å². The number of unbranched alkanes of at least 4 members (excludes halogenated alkanes) is 2. The van der Waals surface area contributed by atoms with Crippen LogP contribution in [-0.4, -0.2) is 7.11 Å². The van der Waals surface area contributed by atoms with Crippen LogP contribution in [0.3, 0.4) is 0 Å². The SMILES string of the molecule is C=CCC(c1ccc(OC)cc1)[C@H]1CC[C@H](CCCCC)CC1. The van der Waals surface area contributed by atoms with Crippen LogP contribution in [0.25, 0.3) is 0 Å². The van der Waals surface area contributed by atoms with Gasteiger partial charge >= 0.3 is 0 Å². The molecule has 0 amide bonds. The largest absolute Gasteiger partial charge is 0.497 e. The predicted octanol–water partition coefficient (Wildman–Crippen LogP) is 6.74. The zero-order chi connectivity index (χ0) is 16.5. The molecule has 1 aliphatic rings. The molecule has 128 valence electrons. The first kappa shape index (κ1) is 18.1. The van der Waals surface area contributed by atoms with Gasteiger partial charge in [0, 0.05) is 0 Å². The molecule has 2 rings (SSSR count). The molecule has 1 aliphatic carbocycles. The summed E-state index contributed by atoms with van der Waals surface area (Å²) in [6.07, 6.45) is 14.5. The summed E-state index contributed by atoms with van der Waals surface area (Å²) in [5.41, 5.74) is 1.46. The molecule has 1 fully saturated rings. The first-order valence-electron chi connectivity index (χ1n) is 9.53. The van der Waals surface area contributed by atoms with E-state index in [4.69, 9.17) is 4.74 Å². The monoisotopic (exact) mass is 314 g/mol. The van der Waals surface area contributed by atoms with Crippen LogP contribution in [0.4, 0.5) is 0 Å². The Morgan fingerprint density at radius 1 is 1.13 bits per heavy atom. The van der Waals surface area contributed by atoms with Crippen LogP contribution < -0.4 is 4.74 Å². The van der Waals surface area contributed by atoms with Crippen molar-refractivity contribution in [3.63, 3.8) is 0 Å². The van der Waals surface area contributed by atoms with Gasteiger partial charge in [-0.15, -0.1) is 6.58 Å². The molecule has 23 heavy (non-hydrogen) atoms. The normalized spacial score (nSPS) is 22.5. The molecule has 0 bridgehead atoms. The minimum Gasteiger partial charge on any atom is -0.497 e. The van der Waals surface area contributed by atoms with E-state index in [9.17, 15) is 0 Å². The third-order valence-electron chi connectivity index (χ3n) is 5.64. The van der Waals surface area contributed by atoms with E-state index in [2.05, 4.69) is 43.8 Å². The molecular weight excluding hydrogens is 280 g/mol. The number of allylic oxidation sites excluding steroid dienone is 1. The zero-order valence-electron chi connectivity index (χ0n) is 15.1. The number of benzene rings is 1. The Bertz CT molecular complexity index is 440. The summed E-state index contributed by atoms with van der Waals surface area (Å²) in [6.45, 7) is 6.29. The topological polar surface area (TPSA) is 9.23 Å². The standard InChI is InChI=1S/C22H34O/c1-4-6-7-9-18-10-12-19(13-11-18)22(8-5-2)20-14-16-21(23-3)17-15-20/h5,14-19,22H,2,4,6-13H2,1,3H3/t18-,19-,22?. The van der Waals surface area contributed by atoms with Crippen LogP contribution in [-0.2, 0) is 0 Å². The predicted molar refractivity (Wildman–Crippen MR) is 100 cm³/mol. The highest BCUT2D eigenvalue weighted by Crippen LogP contribution is 2.41. The van der Waals surface area contributed by atoms with E-state index in [1.54, 1.807) is 7.11 Å². The quantitative estimate of drug-likeness (QED) is 0.362. The number of hydrogen-bond donors (Lipinski definition) is 0. The van der Waals surface area contributed by atoms with E-state index in [0.717, 1.165) is 24.0 Å². The average Bonchev–Trinajstić information content (AvgIpc) is 2.61. The van der Waals surface area contributed by atoms with Crippen molar-refractivity contribution in [2.24, 2.45) is 11.8 Å². The lowest BCUT2D eigenvalue weighted by atomic mass is 9.71. The minimum absolute atomic E-state index is 0.634. The Labute approximate surface area is 143 Å². The Morgan fingerprint density at radius 3 is 2.39 bits per heavy atom. The summed E-state index contributed by atoms with van der Waals surface area (Å²) in [7, 11) is 1.73. The third kappa shape index (κ3) is 5.41. The Hall–Kier alpha value is -1.24. The molecule has 1 atom stereocenters. The van der Waals surface area contributed by atoms with Crippen molar-refractivity contribution in [3.05, 3.63) is 42.5 Å². The molecule has 1 heteroatoms. The Kier molecular flexibility index (Phi) is 7.71. The van der Waals surface area contributed by atoms with Crippen LogP contribution in [0.15, 0.2) is 36.9 Å². The smallest absolute Gasteiger partial charge is 0.118 e. The van der Waals surface area contributed by atoms with Gasteiger partial charge in [-0.25, -0.2) is 0 Å². The Morgan fingerprint density at radius 2 is 1.83 bits per heavy atom. The highest BCUT2D eigenvalue weighted by molar-refractivity contribution is 5.30. The maximum absolute atomic E-state index is 5.30. The lowest BCUT2D eigenvalue weighted by Crippen LogP contribution is -2.20. The highest BCUT2D eigenvalue weighted by Gasteiger charge is 2.27. The number of methoxy groups -OCH3 is 1. The van der Waals surface area contributed by atoms with Crippen LogP contribution in [0, 0.1) is 11.8 Å². The van der Waals surface area contributed by atoms with Crippen LogP contribution >= 0.6 is 0 Å². The van der Waals surface area contributed by atoms with E-state index in [0.29, 0.717) is 5.92 Å². The number of rotatable bonds is 9. The van der Waals surface area contributed by atoms with Crippen molar-refractivity contribution in [2.45, 2.75) is 70.6 Å². The van der Waals surface area contributed by atoms with E-state index in [1.165, 1.54) is 56.9 Å². The molecular formula is C22H34O. The Balaban J connectivity index is 1.92. The summed E-state index contributed by atoms with van der Waals surface area (Å²) < 4.78 is 5.30. The van der Waals surface area contributed by atoms with Gasteiger partial charge in [-0.05, 0) is 54.7 Å². The van der Waals surface area contributed by atoms with Crippen molar-refractivity contribution in [1.29, 1.82) is 0 Å². The molecule has 1 saturated carbocycles. The molecule has 1 aromatic carbocycles. The third-order valence-corrected chi connectivity index (χ3v) is 5.64. The van der Waals surface area contributed by atoms with Gasteiger partial charge in [-0.1, -0.05) is 63.7 Å². The van der Waals surface area contributed by atoms with E-state index < -0.39 is 0 Å². The molecule has 0 aliphatic heterocycles. The van der Waals surface area contributed by atoms with Crippen molar-refractivity contribution in [2.75, 3.05) is 7.11 Å². The molecule has 1 nitrogen and oxygen atoms in total. The molecule has 1 unspecified atom stereocenters. The second-order valence-corrected chi connectivity index (χ2v) is 7.18. The summed E-state index contributed by atoms with van der Waals surface area (Å²) in [5, 5.41) is 0. The molecule has 1 aromatic rings. The van der Waals surface area contributed by atoms with Gasteiger partial charge in [-0.2, -0.15) is 0 Å². The number of hydrogen-bond acceptors (Lipinski definition) is 1. The van der Waals surface area contributed by atoms with E-state index in [-0.39, 0.29) is 0 Å². The van der Waals surface area contributed by atoms with Crippen LogP contribution in [0.2, 0.25) is 0 Å². The fourth-order valence-corrected chi connectivity index (χ4v) is 4.19. The highest BCUT2D eigenvalue weighted by atomic mass is 16.5. The molecule has 0 heterocycles. The molecule has 0 saturated heterocycles. The van der Waals surface area contributed by atoms with Gasteiger partial charge in [0.1, 0.15) is 5.75 Å². The second-order valence-electron chi connectivity index (χ2n) is 7.18. The fourth-order valence-electron chi connectivity index (χ4n) is 4.19. The molecule has 0 radical (unpaired) electrons. The summed E-state index contributed by atoms with van der Waals surface area (Å²) >= 11 is 0. The van der Waals surface area contributed by atoms with E-state index >= 15 is 0 Å². The summed E-state index contributed by atoms with van der Waals surface area (Å²) in [6, 6.07) is 8.70. The van der Waals surface area contributed by atoms with Crippen LogP contribution in [0.5, 0.6) is 5.75 Å². The van der Waals surface area contributed by atoms with Crippen molar-refractivity contribution in [1.82, 2.24) is 0 Å². The fraction of sp³-hybridized carbons (Fsp3) is 0.636. The number of ether oxygens (including phenoxy) is 1. The summed E-state index contributed by atoms with van der Waals surface area (Å²) in [5.74, 6) is 3.39. The first-order chi connectivity index (χ1) is 11.3. The maximum atomic E-state index is 5.30. The minimum atomic E-state index is 0.634. The molecule has 0 N–H and O–H groups in total. The maximum Gasteiger partial charge on any atom is 0.118 e. The first-order valence-corrected chi connectivity index (χ1v) is 9.53. The summed E-state index contributed by atoms with van der Waals surface area (Å²) in [4.78, 5) is 0. The van der Waals surface area contributed by atoms with Gasteiger partial charge in [0.05, 0.1) is 7.11 Å². The van der Waals surface area contributed by atoms with Gasteiger partial charge in [-0.3, -0.25) is 0 Å². The van der Waals surface area contributed by atoms with Gasteiger partial charge in [0.2, 0.25) is 0 Å². The van der Waals surface area contributed by atoms with Crippen molar-refractivity contribution in [3.8, 4) is 5.75 Å². The van der Waals surface area contributed by atoms with Gasteiger partial charge < -0.3 is 4.74 Å². The van der Waals surface area contributed by atoms with Gasteiger partial charge in [0.15, 0.2) is 0 Å². The second kappa shape index (κ2) is 9.80. The molecule has 0 aromatic heterocycles. The average molecular weight is 315 g/mol. The van der Waals surface area contributed by atoms with E-state index in [1.807, 2.05) is 0 Å². The lowest BCUT2D eigenvalue weighted by molar-refractivity contribution is 0.230.